The van der Waals surface area contributed by atoms with E-state index in [1.54, 1.807) is 118 Å². The molecule has 6 aliphatic rings. The molecule has 7 aromatic carbocycles. The van der Waals surface area contributed by atoms with Crippen LogP contribution in [0.2, 0.25) is 0 Å². The Balaban J connectivity index is 0.000000159. The normalized spacial score (nSPS) is 13.4. The molecule has 0 aliphatic heterocycles. The Hall–Kier alpha value is -17.4. The van der Waals surface area contributed by atoms with Crippen molar-refractivity contribution < 1.29 is 48.3 Å². The molecule has 0 amide bonds. The van der Waals surface area contributed by atoms with E-state index in [1.165, 1.54) is 73.3 Å². The summed E-state index contributed by atoms with van der Waals surface area (Å²) in [6.45, 7) is 50.3. The van der Waals surface area contributed by atoms with E-state index < -0.39 is 81.2 Å². The molecule has 586 valence electrons. The van der Waals surface area contributed by atoms with Gasteiger partial charge in [-0.05, 0) is 278 Å². The smallest absolute Gasteiger partial charge is 0.265 e. The zero-order chi connectivity index (χ0) is 88.6. The summed E-state index contributed by atoms with van der Waals surface area (Å²) in [4.78, 5) is 28.3. The molecule has 0 fully saturated rings. The highest BCUT2D eigenvalue weighted by molar-refractivity contribution is 5.97. The van der Waals surface area contributed by atoms with Crippen LogP contribution in [-0.4, -0.2) is 28.5 Å². The number of hydrogen-bond donors (Lipinski definition) is 0. The number of aromatic nitrogens is 2. The van der Waals surface area contributed by atoms with Crippen LogP contribution >= 0.6 is 0 Å². The van der Waals surface area contributed by atoms with Gasteiger partial charge in [0, 0.05) is 44.0 Å². The summed E-state index contributed by atoms with van der Waals surface area (Å²) < 4.78 is 162. The number of hydrogen-bond acceptors (Lipinski definition) is 10. The average Bonchev–Trinajstić information content (AvgIpc) is 1.56. The first kappa shape index (κ1) is 83.5. The maximum atomic E-state index is 15.0. The van der Waals surface area contributed by atoms with E-state index in [4.69, 9.17) is 39.4 Å². The SMILES string of the molecule is [C-]#[N+]C([N+]#[C-])=C1Cc2c(-c3ccc(C#N)cc3)c3c(c(-c4ccc(C#N)cc4)c2=C1C)CC(=C(C#N)C#N)C=3C(F)(F)F.[C-]#[N+]C([N+]#[C-])=C1Cc2c(-c3ccc(F)cc3)c3c(c(-c4ccc(F)cc4)c2=C1C)CC(=C(C#N)C#N)C=3C(F)(F)F.[C-]#[N+]C([N+]#[C-])=C1Cc2c(-c3ccncc3)c3c(c(-c4ccncc4)c2=C1C)CC(=C(C#N)C#N)C=3C(F)(F)F. The number of allylic oxidation sites excluding steroid dienone is 9. The number of rotatable bonds is 6. The summed E-state index contributed by atoms with van der Waals surface area (Å²) in [6.07, 6.45) is -9.83. The molecule has 0 bridgehead atoms. The molecule has 2 aromatic heterocycles. The van der Waals surface area contributed by atoms with Crippen molar-refractivity contribution in [1.29, 1.82) is 42.1 Å². The summed E-state index contributed by atoms with van der Waals surface area (Å²) >= 11 is 0. The zero-order valence-electron chi connectivity index (χ0n) is 63.9. The Morgan fingerprint density at radius 1 is 0.293 bits per heavy atom. The topological polar surface area (TPSA) is 242 Å². The lowest BCUT2D eigenvalue weighted by atomic mass is 9.86. The number of halogens is 11. The van der Waals surface area contributed by atoms with Gasteiger partial charge in [-0.25, -0.2) is 8.78 Å². The molecule has 2 heterocycles. The predicted molar refractivity (Wildman–Crippen MR) is 428 cm³/mol. The molecule has 0 atom stereocenters. The third kappa shape index (κ3) is 14.4. The minimum Gasteiger partial charge on any atom is -0.265 e. The molecule has 0 radical (unpaired) electrons. The van der Waals surface area contributed by atoms with Crippen LogP contribution in [0, 0.1) is 142 Å². The minimum atomic E-state index is -4.99. The van der Waals surface area contributed by atoms with E-state index >= 15 is 13.2 Å². The molecule has 15 rings (SSSR count). The number of nitrogens with zero attached hydrogens (tertiary/aromatic N) is 16. The van der Waals surface area contributed by atoms with Crippen molar-refractivity contribution in [3.8, 4) is 115 Å². The summed E-state index contributed by atoms with van der Waals surface area (Å²) in [5.41, 5.74) is 3.61. The van der Waals surface area contributed by atoms with Crippen molar-refractivity contribution in [3.05, 3.63) is 370 Å². The lowest BCUT2D eigenvalue weighted by Crippen LogP contribution is -2.27. The van der Waals surface area contributed by atoms with Gasteiger partial charge >= 0.3 is 36.0 Å². The highest BCUT2D eigenvalue weighted by Gasteiger charge is 2.48. The Kier molecular flexibility index (Phi) is 22.4. The number of nitriles is 8. The standard InChI is InChI=1S/C34H15F3N6.C32H15F5N4.C30H15F3N6/c1-18-24(33(42-2)43-3)12-26-28(18)29(21-8-4-19(14-38)5-9-21)27-13-25(23(16-40)17-41)32(34(35,36)37)31(27)30(26)22-10-6-20(15-39)7-11-22;1-16-22(31(40-2)41-3)12-24-26(16)27(17-4-8-20(33)9-5-17)25-13-23(19(14-38)15-39)30(32(35,36)37)29(25)28(24)18-6-10-21(34)11-7-18;1-16-20(29(36-2)37-3)12-22-24(16)25(17-4-8-38-9-5-17)23-13-21(19(14-34)15-35)28(30(31,32)33)27(23)26(22)18-6-10-39-11-7-18/h4-11H,12-13H2,1H3;4-11H,12-13H2,1H3;4-11H,12-13H2,1H3. The fourth-order valence-electron chi connectivity index (χ4n) is 17.2. The first-order valence-corrected chi connectivity index (χ1v) is 36.3. The van der Waals surface area contributed by atoms with Gasteiger partial charge in [-0.15, -0.1) is 0 Å². The predicted octanol–water partition coefficient (Wildman–Crippen LogP) is 18.0. The van der Waals surface area contributed by atoms with E-state index in [2.05, 4.69) is 39.0 Å². The number of benzene rings is 7. The van der Waals surface area contributed by atoms with Crippen LogP contribution in [-0.2, 0) is 38.5 Å². The van der Waals surface area contributed by atoms with Crippen molar-refractivity contribution >= 4 is 33.4 Å². The lowest BCUT2D eigenvalue weighted by molar-refractivity contribution is -0.0704. The molecule has 123 heavy (non-hydrogen) atoms. The first-order chi connectivity index (χ1) is 58.9. The molecule has 0 N–H and O–H groups in total. The first-order valence-electron chi connectivity index (χ1n) is 36.3. The maximum Gasteiger partial charge on any atom is 0.523 e. The van der Waals surface area contributed by atoms with Gasteiger partial charge in [0.1, 0.15) is 104 Å². The molecular formula is C96H45F11N16. The Labute approximate surface area is 693 Å². The fraction of sp³-hybridized carbons (Fsp3) is 0.125. The molecule has 6 aliphatic carbocycles. The second-order valence-electron chi connectivity index (χ2n) is 28.1. The van der Waals surface area contributed by atoms with Gasteiger partial charge in [0.15, 0.2) is 0 Å². The van der Waals surface area contributed by atoms with E-state index in [-0.39, 0.29) is 98.6 Å². The van der Waals surface area contributed by atoms with E-state index in [1.807, 2.05) is 12.1 Å². The van der Waals surface area contributed by atoms with Gasteiger partial charge in [0.05, 0.1) is 56.7 Å². The Bertz CT molecular complexity index is 7490. The molecule has 16 nitrogen and oxygen atoms in total. The van der Waals surface area contributed by atoms with E-state index in [0.717, 1.165) is 12.1 Å². The monoisotopic (exact) mass is 1630 g/mol. The van der Waals surface area contributed by atoms with Gasteiger partial charge in [-0.1, -0.05) is 48.5 Å². The molecule has 0 saturated carbocycles. The van der Waals surface area contributed by atoms with Crippen LogP contribution in [0.1, 0.15) is 65.3 Å². The lowest BCUT2D eigenvalue weighted by Gasteiger charge is -2.17. The van der Waals surface area contributed by atoms with Gasteiger partial charge < -0.3 is 0 Å². The van der Waals surface area contributed by atoms with Gasteiger partial charge in [-0.2, -0.15) is 111 Å². The Morgan fingerprint density at radius 3 is 0.691 bits per heavy atom. The number of pyridine rings is 2. The molecule has 0 unspecified atom stereocenters. The van der Waals surface area contributed by atoms with Crippen LogP contribution in [0.25, 0.3) is 129 Å². The van der Waals surface area contributed by atoms with Crippen molar-refractivity contribution in [1.82, 2.24) is 9.97 Å². The Morgan fingerprint density at radius 2 is 0.488 bits per heavy atom. The van der Waals surface area contributed by atoms with Crippen molar-refractivity contribution in [2.45, 2.75) is 77.8 Å². The highest BCUT2D eigenvalue weighted by Crippen LogP contribution is 2.49. The third-order valence-corrected chi connectivity index (χ3v) is 22.1. The second kappa shape index (κ2) is 32.9. The summed E-state index contributed by atoms with van der Waals surface area (Å²) in [5.74, 6) is -1.72. The molecule has 0 spiro atoms. The molecule has 27 heteroatoms. The molecule has 9 aromatic rings. The van der Waals surface area contributed by atoms with Gasteiger partial charge in [-0.3, -0.25) is 9.97 Å². The summed E-state index contributed by atoms with van der Waals surface area (Å²) in [5, 5.41) is 77.5. The zero-order valence-corrected chi connectivity index (χ0v) is 63.9. The van der Waals surface area contributed by atoms with Crippen LogP contribution in [0.4, 0.5) is 48.3 Å². The van der Waals surface area contributed by atoms with E-state index in [9.17, 15) is 77.2 Å². The van der Waals surface area contributed by atoms with Gasteiger partial charge in [0.2, 0.25) is 0 Å². The van der Waals surface area contributed by atoms with E-state index in [0.29, 0.717) is 133 Å². The van der Waals surface area contributed by atoms with Crippen molar-refractivity contribution in [2.24, 2.45) is 0 Å². The number of alkyl halides is 9. The molecule has 0 saturated heterocycles. The van der Waals surface area contributed by atoms with Crippen molar-refractivity contribution in [3.63, 3.8) is 0 Å². The average molecular weight is 1630 g/mol. The van der Waals surface area contributed by atoms with Crippen LogP contribution in [0.15, 0.2) is 214 Å². The maximum absolute atomic E-state index is 15.0. The number of fused-ring (bicyclic) bond motifs is 6. The fourth-order valence-corrected chi connectivity index (χ4v) is 17.2. The minimum absolute atomic E-state index is 0.000690. The largest absolute Gasteiger partial charge is 0.523 e. The van der Waals surface area contributed by atoms with Crippen LogP contribution < -0.4 is 31.3 Å². The summed E-state index contributed by atoms with van der Waals surface area (Å²) in [6, 6.07) is 42.9. The van der Waals surface area contributed by atoms with Crippen LogP contribution in [0.3, 0.4) is 0 Å². The van der Waals surface area contributed by atoms with Crippen molar-refractivity contribution in [2.75, 3.05) is 0 Å². The molecular weight excluding hydrogens is 1590 g/mol. The van der Waals surface area contributed by atoms with Crippen LogP contribution in [0.5, 0.6) is 0 Å². The van der Waals surface area contributed by atoms with Gasteiger partial charge in [0.25, 0.3) is 0 Å². The third-order valence-electron chi connectivity index (χ3n) is 22.1. The highest BCUT2D eigenvalue weighted by atomic mass is 19.4. The summed E-state index contributed by atoms with van der Waals surface area (Å²) in [7, 11) is 0. The second-order valence-corrected chi connectivity index (χ2v) is 28.1. The quantitative estimate of drug-likeness (QED) is 0.0866.